The maximum absolute atomic E-state index is 12.4. The van der Waals surface area contributed by atoms with E-state index in [0.29, 0.717) is 22.2 Å². The number of hydrogen-bond donors (Lipinski definition) is 1. The molecule has 1 heterocycles. The van der Waals surface area contributed by atoms with Crippen molar-refractivity contribution in [1.29, 1.82) is 0 Å². The van der Waals surface area contributed by atoms with Crippen LogP contribution >= 0.6 is 11.6 Å². The van der Waals surface area contributed by atoms with Crippen LogP contribution in [-0.4, -0.2) is 15.5 Å². The SMILES string of the molecule is Cc1nc(-c2ccccc2)cc(=O)n1CC(=O)Nc1cccc(Cl)c1. The lowest BCUT2D eigenvalue weighted by Gasteiger charge is -2.11. The molecule has 0 unspecified atom stereocenters. The average Bonchev–Trinajstić information content (AvgIpc) is 2.59. The number of anilines is 1. The molecule has 25 heavy (non-hydrogen) atoms. The summed E-state index contributed by atoms with van der Waals surface area (Å²) in [4.78, 5) is 29.0. The molecule has 0 saturated carbocycles. The summed E-state index contributed by atoms with van der Waals surface area (Å²) in [6, 6.07) is 17.7. The molecule has 0 fully saturated rings. The third-order valence-corrected chi connectivity index (χ3v) is 3.91. The Labute approximate surface area is 149 Å². The molecule has 0 radical (unpaired) electrons. The number of carbonyl (C=O) groups excluding carboxylic acids is 1. The van der Waals surface area contributed by atoms with Crippen molar-refractivity contribution in [2.45, 2.75) is 13.5 Å². The zero-order chi connectivity index (χ0) is 17.8. The molecule has 3 aromatic rings. The van der Waals surface area contributed by atoms with E-state index in [2.05, 4.69) is 10.3 Å². The summed E-state index contributed by atoms with van der Waals surface area (Å²) in [6.07, 6.45) is 0. The van der Waals surface area contributed by atoms with E-state index < -0.39 is 0 Å². The molecule has 1 amide bonds. The molecular weight excluding hydrogens is 338 g/mol. The van der Waals surface area contributed by atoms with Gasteiger partial charge in [-0.15, -0.1) is 0 Å². The van der Waals surface area contributed by atoms with Gasteiger partial charge in [-0.05, 0) is 25.1 Å². The van der Waals surface area contributed by atoms with Crippen molar-refractivity contribution < 1.29 is 4.79 Å². The molecular formula is C19H16ClN3O2. The van der Waals surface area contributed by atoms with Gasteiger partial charge in [0, 0.05) is 22.3 Å². The first-order valence-electron chi connectivity index (χ1n) is 7.72. The molecule has 3 rings (SSSR count). The molecule has 0 atom stereocenters. The number of benzene rings is 2. The second-order valence-electron chi connectivity index (χ2n) is 5.54. The van der Waals surface area contributed by atoms with Gasteiger partial charge in [-0.1, -0.05) is 48.0 Å². The van der Waals surface area contributed by atoms with Gasteiger partial charge in [0.2, 0.25) is 5.91 Å². The van der Waals surface area contributed by atoms with Gasteiger partial charge in [-0.3, -0.25) is 14.2 Å². The summed E-state index contributed by atoms with van der Waals surface area (Å²) in [5.74, 6) is 0.161. The second kappa shape index (κ2) is 7.32. The van der Waals surface area contributed by atoms with Crippen molar-refractivity contribution in [3.05, 3.63) is 81.9 Å². The molecule has 0 bridgehead atoms. The molecule has 6 heteroatoms. The first-order chi connectivity index (χ1) is 12.0. The van der Waals surface area contributed by atoms with Crippen molar-refractivity contribution in [3.8, 4) is 11.3 Å². The van der Waals surface area contributed by atoms with E-state index in [0.717, 1.165) is 5.56 Å². The highest BCUT2D eigenvalue weighted by Crippen LogP contribution is 2.16. The summed E-state index contributed by atoms with van der Waals surface area (Å²) in [5, 5.41) is 3.25. The number of aromatic nitrogens is 2. The fraction of sp³-hybridized carbons (Fsp3) is 0.105. The van der Waals surface area contributed by atoms with E-state index in [1.54, 1.807) is 31.2 Å². The van der Waals surface area contributed by atoms with Gasteiger partial charge in [-0.2, -0.15) is 0 Å². The minimum Gasteiger partial charge on any atom is -0.324 e. The van der Waals surface area contributed by atoms with Gasteiger partial charge in [0.1, 0.15) is 12.4 Å². The van der Waals surface area contributed by atoms with E-state index in [-0.39, 0.29) is 18.0 Å². The van der Waals surface area contributed by atoms with Gasteiger partial charge >= 0.3 is 0 Å². The van der Waals surface area contributed by atoms with Crippen LogP contribution in [0.3, 0.4) is 0 Å². The topological polar surface area (TPSA) is 64.0 Å². The van der Waals surface area contributed by atoms with Crippen LogP contribution in [-0.2, 0) is 11.3 Å². The van der Waals surface area contributed by atoms with E-state index in [4.69, 9.17) is 11.6 Å². The highest BCUT2D eigenvalue weighted by atomic mass is 35.5. The van der Waals surface area contributed by atoms with Gasteiger partial charge in [-0.25, -0.2) is 4.98 Å². The Morgan fingerprint density at radius 1 is 1.12 bits per heavy atom. The summed E-state index contributed by atoms with van der Waals surface area (Å²) in [7, 11) is 0. The smallest absolute Gasteiger partial charge is 0.254 e. The van der Waals surface area contributed by atoms with Crippen LogP contribution in [0.5, 0.6) is 0 Å². The summed E-state index contributed by atoms with van der Waals surface area (Å²) >= 11 is 5.90. The number of carbonyl (C=O) groups is 1. The second-order valence-corrected chi connectivity index (χ2v) is 5.97. The fourth-order valence-corrected chi connectivity index (χ4v) is 2.67. The number of rotatable bonds is 4. The Morgan fingerprint density at radius 3 is 2.56 bits per heavy atom. The average molecular weight is 354 g/mol. The molecule has 0 aliphatic heterocycles. The molecule has 0 aliphatic rings. The lowest BCUT2D eigenvalue weighted by atomic mass is 10.1. The van der Waals surface area contributed by atoms with Crippen LogP contribution in [0.25, 0.3) is 11.3 Å². The van der Waals surface area contributed by atoms with E-state index >= 15 is 0 Å². The highest BCUT2D eigenvalue weighted by Gasteiger charge is 2.11. The van der Waals surface area contributed by atoms with Crippen LogP contribution in [0, 0.1) is 6.92 Å². The molecule has 0 spiro atoms. The number of halogens is 1. The number of amides is 1. The number of hydrogen-bond acceptors (Lipinski definition) is 3. The molecule has 1 N–H and O–H groups in total. The van der Waals surface area contributed by atoms with Crippen molar-refractivity contribution in [1.82, 2.24) is 9.55 Å². The number of nitrogens with zero attached hydrogens (tertiary/aromatic N) is 2. The van der Waals surface area contributed by atoms with Gasteiger partial charge in [0.15, 0.2) is 0 Å². The fourth-order valence-electron chi connectivity index (χ4n) is 2.48. The Morgan fingerprint density at radius 2 is 1.88 bits per heavy atom. The van der Waals surface area contributed by atoms with E-state index in [1.165, 1.54) is 10.6 Å². The van der Waals surface area contributed by atoms with E-state index in [9.17, 15) is 9.59 Å². The Kier molecular flexibility index (Phi) is 4.95. The molecule has 2 aromatic carbocycles. The Bertz CT molecular complexity index is 968. The minimum absolute atomic E-state index is 0.112. The lowest BCUT2D eigenvalue weighted by molar-refractivity contribution is -0.116. The monoisotopic (exact) mass is 353 g/mol. The highest BCUT2D eigenvalue weighted by molar-refractivity contribution is 6.30. The molecule has 0 aliphatic carbocycles. The maximum Gasteiger partial charge on any atom is 0.254 e. The lowest BCUT2D eigenvalue weighted by Crippen LogP contribution is -2.29. The third-order valence-electron chi connectivity index (χ3n) is 3.68. The molecule has 5 nitrogen and oxygen atoms in total. The zero-order valence-electron chi connectivity index (χ0n) is 13.6. The number of aryl methyl sites for hydroxylation is 1. The van der Waals surface area contributed by atoms with Crippen molar-refractivity contribution in [2.24, 2.45) is 0 Å². The van der Waals surface area contributed by atoms with Gasteiger partial charge in [0.05, 0.1) is 5.69 Å². The minimum atomic E-state index is -0.318. The van der Waals surface area contributed by atoms with Crippen LogP contribution in [0.15, 0.2) is 65.5 Å². The third kappa shape index (κ3) is 4.14. The predicted molar refractivity (Wildman–Crippen MR) is 98.8 cm³/mol. The summed E-state index contributed by atoms with van der Waals surface area (Å²) in [5.41, 5.74) is 1.76. The molecule has 0 saturated heterocycles. The first kappa shape index (κ1) is 16.9. The molecule has 1 aromatic heterocycles. The normalized spacial score (nSPS) is 10.5. The number of nitrogens with one attached hydrogen (secondary N) is 1. The van der Waals surface area contributed by atoms with E-state index in [1.807, 2.05) is 30.3 Å². The predicted octanol–water partition coefficient (Wildman–Crippen LogP) is 3.51. The molecule has 126 valence electrons. The first-order valence-corrected chi connectivity index (χ1v) is 8.10. The van der Waals surface area contributed by atoms with Crippen LogP contribution in [0.4, 0.5) is 5.69 Å². The quantitative estimate of drug-likeness (QED) is 0.780. The largest absolute Gasteiger partial charge is 0.324 e. The zero-order valence-corrected chi connectivity index (χ0v) is 14.3. The van der Waals surface area contributed by atoms with Crippen LogP contribution < -0.4 is 10.9 Å². The maximum atomic E-state index is 12.4. The Balaban J connectivity index is 1.81. The summed E-state index contributed by atoms with van der Waals surface area (Å²) in [6.45, 7) is 1.60. The van der Waals surface area contributed by atoms with Crippen molar-refractivity contribution in [3.63, 3.8) is 0 Å². The van der Waals surface area contributed by atoms with Gasteiger partial charge in [0.25, 0.3) is 5.56 Å². The van der Waals surface area contributed by atoms with Crippen LogP contribution in [0.2, 0.25) is 5.02 Å². The van der Waals surface area contributed by atoms with Crippen molar-refractivity contribution >= 4 is 23.2 Å². The van der Waals surface area contributed by atoms with Crippen LogP contribution in [0.1, 0.15) is 5.82 Å². The summed E-state index contributed by atoms with van der Waals surface area (Å²) < 4.78 is 1.34. The standard InChI is InChI=1S/C19H16ClN3O2/c1-13-21-17(14-6-3-2-4-7-14)11-19(25)23(13)12-18(24)22-16-9-5-8-15(20)10-16/h2-11H,12H2,1H3,(H,22,24). The Hall–Kier alpha value is -2.92. The van der Waals surface area contributed by atoms with Gasteiger partial charge < -0.3 is 5.32 Å². The van der Waals surface area contributed by atoms with Crippen molar-refractivity contribution in [2.75, 3.05) is 5.32 Å².